The highest BCUT2D eigenvalue weighted by atomic mass is 16.3. The van der Waals surface area contributed by atoms with Crippen LogP contribution in [-0.2, 0) is 0 Å². The number of rotatable bonds is 5. The van der Waals surface area contributed by atoms with Crippen LogP contribution in [0, 0.1) is 0 Å². The Labute approximate surface area is 67.9 Å². The molecule has 2 N–H and O–H groups in total. The maximum Gasteiger partial charge on any atom is 0.0798 e. The number of aliphatic hydroxyl groups is 2. The van der Waals surface area contributed by atoms with Crippen LogP contribution in [-0.4, -0.2) is 21.9 Å². The Morgan fingerprint density at radius 1 is 1.55 bits per heavy atom. The minimum absolute atomic E-state index is 0.504. The van der Waals surface area contributed by atoms with Crippen molar-refractivity contribution in [1.82, 2.24) is 0 Å². The Morgan fingerprint density at radius 3 is 2.45 bits per heavy atom. The first-order chi connectivity index (χ1) is 5.02. The van der Waals surface area contributed by atoms with Crippen molar-refractivity contribution in [3.05, 3.63) is 25.3 Å². The lowest BCUT2D eigenvalue weighted by molar-refractivity contribution is 0.0830. The van der Waals surface area contributed by atoms with E-state index in [4.69, 9.17) is 5.11 Å². The molecule has 2 unspecified atom stereocenters. The Bertz CT molecular complexity index is 138. The van der Waals surface area contributed by atoms with Crippen LogP contribution in [0.4, 0.5) is 0 Å². The van der Waals surface area contributed by atoms with E-state index in [0.717, 1.165) is 0 Å². The van der Waals surface area contributed by atoms with Crippen LogP contribution in [0.1, 0.15) is 19.8 Å². The molecule has 0 aliphatic heterocycles. The largest absolute Gasteiger partial charge is 0.389 e. The second-order valence-corrected chi connectivity index (χ2v) is 2.90. The van der Waals surface area contributed by atoms with Crippen LogP contribution in [0.25, 0.3) is 0 Å². The quantitative estimate of drug-likeness (QED) is 0.588. The Balaban J connectivity index is 3.68. The molecule has 0 fully saturated rings. The van der Waals surface area contributed by atoms with E-state index in [1.807, 2.05) is 0 Å². The SMILES string of the molecule is C=CC(O)CCC(C)(O)C=C. The molecule has 0 aliphatic rings. The highest BCUT2D eigenvalue weighted by Gasteiger charge is 2.15. The molecule has 0 saturated carbocycles. The molecule has 0 saturated heterocycles. The van der Waals surface area contributed by atoms with Crippen molar-refractivity contribution in [1.29, 1.82) is 0 Å². The minimum Gasteiger partial charge on any atom is -0.389 e. The molecular weight excluding hydrogens is 140 g/mol. The predicted molar refractivity (Wildman–Crippen MR) is 46.3 cm³/mol. The summed E-state index contributed by atoms with van der Waals surface area (Å²) < 4.78 is 0. The van der Waals surface area contributed by atoms with Crippen LogP contribution in [0.2, 0.25) is 0 Å². The van der Waals surface area contributed by atoms with Gasteiger partial charge in [0.05, 0.1) is 11.7 Å². The molecule has 0 aromatic rings. The van der Waals surface area contributed by atoms with E-state index in [9.17, 15) is 5.11 Å². The van der Waals surface area contributed by atoms with Gasteiger partial charge in [-0.15, -0.1) is 13.2 Å². The van der Waals surface area contributed by atoms with E-state index < -0.39 is 11.7 Å². The maximum absolute atomic E-state index is 9.40. The van der Waals surface area contributed by atoms with Crippen LogP contribution in [0.5, 0.6) is 0 Å². The van der Waals surface area contributed by atoms with Gasteiger partial charge in [0.15, 0.2) is 0 Å². The van der Waals surface area contributed by atoms with Crippen molar-refractivity contribution in [3.63, 3.8) is 0 Å². The number of hydrogen-bond acceptors (Lipinski definition) is 2. The third-order valence-electron chi connectivity index (χ3n) is 1.66. The lowest BCUT2D eigenvalue weighted by Gasteiger charge is -2.18. The van der Waals surface area contributed by atoms with E-state index in [-0.39, 0.29) is 0 Å². The molecule has 0 bridgehead atoms. The lowest BCUT2D eigenvalue weighted by Crippen LogP contribution is -2.22. The molecular formula is C9H16O2. The molecule has 0 spiro atoms. The van der Waals surface area contributed by atoms with Crippen molar-refractivity contribution >= 4 is 0 Å². The smallest absolute Gasteiger partial charge is 0.0798 e. The Morgan fingerprint density at radius 2 is 2.09 bits per heavy atom. The zero-order valence-corrected chi connectivity index (χ0v) is 6.95. The molecule has 0 heterocycles. The Hall–Kier alpha value is -0.600. The summed E-state index contributed by atoms with van der Waals surface area (Å²) in [7, 11) is 0. The fourth-order valence-electron chi connectivity index (χ4n) is 0.660. The first-order valence-electron chi connectivity index (χ1n) is 3.68. The average molecular weight is 156 g/mol. The fraction of sp³-hybridized carbons (Fsp3) is 0.556. The summed E-state index contributed by atoms with van der Waals surface area (Å²) >= 11 is 0. The summed E-state index contributed by atoms with van der Waals surface area (Å²) in [5.41, 5.74) is -0.871. The number of hydrogen-bond donors (Lipinski definition) is 2. The van der Waals surface area contributed by atoms with Gasteiger partial charge in [-0.05, 0) is 19.8 Å². The number of aliphatic hydroxyl groups excluding tert-OH is 1. The molecule has 0 amide bonds. The third-order valence-corrected chi connectivity index (χ3v) is 1.66. The van der Waals surface area contributed by atoms with Gasteiger partial charge < -0.3 is 10.2 Å². The minimum atomic E-state index is -0.871. The standard InChI is InChI=1S/C9H16O2/c1-4-8(10)6-7-9(3,11)5-2/h4-5,8,10-11H,1-2,6-7H2,3H3. The molecule has 0 rings (SSSR count). The van der Waals surface area contributed by atoms with Crippen LogP contribution >= 0.6 is 0 Å². The first kappa shape index (κ1) is 10.4. The second-order valence-electron chi connectivity index (χ2n) is 2.90. The molecule has 2 atom stereocenters. The lowest BCUT2D eigenvalue weighted by atomic mass is 9.98. The van der Waals surface area contributed by atoms with Gasteiger partial charge in [-0.2, -0.15) is 0 Å². The molecule has 11 heavy (non-hydrogen) atoms. The average Bonchev–Trinajstić information content (AvgIpc) is 2.00. The summed E-state index contributed by atoms with van der Waals surface area (Å²) in [6, 6.07) is 0. The maximum atomic E-state index is 9.40. The van der Waals surface area contributed by atoms with E-state index in [2.05, 4.69) is 13.2 Å². The van der Waals surface area contributed by atoms with Crippen LogP contribution in [0.3, 0.4) is 0 Å². The summed E-state index contributed by atoms with van der Waals surface area (Å²) in [5.74, 6) is 0. The van der Waals surface area contributed by atoms with Gasteiger partial charge in [-0.3, -0.25) is 0 Å². The zero-order valence-electron chi connectivity index (χ0n) is 6.95. The monoisotopic (exact) mass is 156 g/mol. The van der Waals surface area contributed by atoms with Crippen molar-refractivity contribution < 1.29 is 10.2 Å². The van der Waals surface area contributed by atoms with Gasteiger partial charge in [0.25, 0.3) is 0 Å². The molecule has 0 radical (unpaired) electrons. The van der Waals surface area contributed by atoms with Crippen LogP contribution < -0.4 is 0 Å². The summed E-state index contributed by atoms with van der Waals surface area (Å²) in [4.78, 5) is 0. The van der Waals surface area contributed by atoms with E-state index in [1.54, 1.807) is 6.92 Å². The van der Waals surface area contributed by atoms with Gasteiger partial charge in [-0.1, -0.05) is 12.2 Å². The van der Waals surface area contributed by atoms with Gasteiger partial charge in [0, 0.05) is 0 Å². The third kappa shape index (κ3) is 4.76. The molecule has 2 heteroatoms. The van der Waals surface area contributed by atoms with Gasteiger partial charge >= 0.3 is 0 Å². The van der Waals surface area contributed by atoms with Crippen molar-refractivity contribution in [3.8, 4) is 0 Å². The predicted octanol–water partition coefficient (Wildman–Crippen LogP) is 1.25. The van der Waals surface area contributed by atoms with Crippen molar-refractivity contribution in [2.24, 2.45) is 0 Å². The Kier molecular flexibility index (Phi) is 4.08. The molecule has 0 aliphatic carbocycles. The molecule has 64 valence electrons. The molecule has 0 aromatic carbocycles. The topological polar surface area (TPSA) is 40.5 Å². The normalized spacial score (nSPS) is 18.5. The highest BCUT2D eigenvalue weighted by Crippen LogP contribution is 2.14. The van der Waals surface area contributed by atoms with Gasteiger partial charge in [0.1, 0.15) is 0 Å². The van der Waals surface area contributed by atoms with Crippen molar-refractivity contribution in [2.75, 3.05) is 0 Å². The summed E-state index contributed by atoms with van der Waals surface area (Å²) in [5, 5.41) is 18.5. The van der Waals surface area contributed by atoms with E-state index in [0.29, 0.717) is 12.8 Å². The molecule has 0 aromatic heterocycles. The van der Waals surface area contributed by atoms with E-state index >= 15 is 0 Å². The van der Waals surface area contributed by atoms with Gasteiger partial charge in [0.2, 0.25) is 0 Å². The van der Waals surface area contributed by atoms with E-state index in [1.165, 1.54) is 12.2 Å². The highest BCUT2D eigenvalue weighted by molar-refractivity contribution is 4.93. The first-order valence-corrected chi connectivity index (χ1v) is 3.68. The molecule has 2 nitrogen and oxygen atoms in total. The fourth-order valence-corrected chi connectivity index (χ4v) is 0.660. The van der Waals surface area contributed by atoms with Crippen LogP contribution in [0.15, 0.2) is 25.3 Å². The summed E-state index contributed by atoms with van der Waals surface area (Å²) in [6.45, 7) is 8.57. The second kappa shape index (κ2) is 4.31. The van der Waals surface area contributed by atoms with Crippen molar-refractivity contribution in [2.45, 2.75) is 31.5 Å². The zero-order chi connectivity index (χ0) is 8.91. The summed E-state index contributed by atoms with van der Waals surface area (Å²) in [6.07, 6.45) is 3.43. The van der Waals surface area contributed by atoms with Gasteiger partial charge in [-0.25, -0.2) is 0 Å².